The van der Waals surface area contributed by atoms with E-state index in [-0.39, 0.29) is 23.5 Å². The molecule has 0 spiro atoms. The smallest absolute Gasteiger partial charge is 0.270 e. The summed E-state index contributed by atoms with van der Waals surface area (Å²) in [5, 5.41) is 2.84. The average Bonchev–Trinajstić information content (AvgIpc) is 2.82. The molecule has 2 aromatic rings. The molecule has 0 amide bonds. The molecule has 1 aromatic carbocycles. The number of aromatic nitrogens is 2. The van der Waals surface area contributed by atoms with Crippen molar-refractivity contribution in [3.8, 4) is 5.75 Å². The molecular weight excluding hydrogens is 323 g/mol. The largest absolute Gasteiger partial charge is 0.488 e. The quantitative estimate of drug-likeness (QED) is 0.817. The van der Waals surface area contributed by atoms with E-state index in [2.05, 4.69) is 5.10 Å². The predicted octanol–water partition coefficient (Wildman–Crippen LogP) is 4.12. The van der Waals surface area contributed by atoms with E-state index >= 15 is 0 Å². The molecule has 0 aliphatic carbocycles. The zero-order valence-electron chi connectivity index (χ0n) is 15.7. The van der Waals surface area contributed by atoms with Gasteiger partial charge in [-0.3, -0.25) is 14.6 Å². The van der Waals surface area contributed by atoms with Crippen molar-refractivity contribution in [2.24, 2.45) is 0 Å². The van der Waals surface area contributed by atoms with Gasteiger partial charge in [0, 0.05) is 18.3 Å². The van der Waals surface area contributed by atoms with E-state index in [1.165, 1.54) is 6.07 Å². The molecule has 1 N–H and O–H groups in total. The Morgan fingerprint density at radius 3 is 2.40 bits per heavy atom. The van der Waals surface area contributed by atoms with E-state index in [9.17, 15) is 9.18 Å². The number of ether oxygens (including phenoxy) is 2. The summed E-state index contributed by atoms with van der Waals surface area (Å²) >= 11 is 0. The Bertz CT molecular complexity index is 777. The van der Waals surface area contributed by atoms with Crippen molar-refractivity contribution < 1.29 is 13.9 Å². The molecule has 1 heterocycles. The second-order valence-electron chi connectivity index (χ2n) is 6.60. The summed E-state index contributed by atoms with van der Waals surface area (Å²) in [7, 11) is 0. The van der Waals surface area contributed by atoms with Crippen molar-refractivity contribution in [2.45, 2.75) is 59.8 Å². The minimum atomic E-state index is -0.628. The minimum absolute atomic E-state index is 0.113. The fourth-order valence-electron chi connectivity index (χ4n) is 2.92. The van der Waals surface area contributed by atoms with E-state index in [4.69, 9.17) is 9.47 Å². The van der Waals surface area contributed by atoms with Crippen LogP contribution in [0.5, 0.6) is 5.75 Å². The third-order valence-electron chi connectivity index (χ3n) is 3.95. The summed E-state index contributed by atoms with van der Waals surface area (Å²) in [6.07, 6.45) is -0.746. The first kappa shape index (κ1) is 19.2. The second-order valence-corrected chi connectivity index (χ2v) is 6.60. The first-order valence-corrected chi connectivity index (χ1v) is 8.64. The van der Waals surface area contributed by atoms with E-state index < -0.39 is 11.9 Å². The fraction of sp³-hybridized carbons (Fsp3) is 0.526. The van der Waals surface area contributed by atoms with Crippen LogP contribution in [0.2, 0.25) is 0 Å². The number of aromatic amines is 1. The van der Waals surface area contributed by atoms with Crippen LogP contribution in [-0.2, 0) is 4.74 Å². The lowest BCUT2D eigenvalue weighted by Crippen LogP contribution is -2.16. The van der Waals surface area contributed by atoms with Crippen LogP contribution in [0.15, 0.2) is 23.0 Å². The molecule has 138 valence electrons. The van der Waals surface area contributed by atoms with Crippen molar-refractivity contribution >= 4 is 0 Å². The maximum absolute atomic E-state index is 14.4. The highest BCUT2D eigenvalue weighted by molar-refractivity contribution is 5.36. The van der Waals surface area contributed by atoms with Gasteiger partial charge in [-0.1, -0.05) is 6.07 Å². The van der Waals surface area contributed by atoms with Crippen LogP contribution in [-0.4, -0.2) is 22.5 Å². The number of nitrogens with zero attached hydrogens (tertiary/aromatic N) is 1. The number of H-pyrrole nitrogens is 1. The Morgan fingerprint density at radius 2 is 1.92 bits per heavy atom. The van der Waals surface area contributed by atoms with Crippen molar-refractivity contribution in [2.75, 3.05) is 6.61 Å². The molecule has 25 heavy (non-hydrogen) atoms. The monoisotopic (exact) mass is 350 g/mol. The van der Waals surface area contributed by atoms with Crippen LogP contribution < -0.4 is 10.3 Å². The summed E-state index contributed by atoms with van der Waals surface area (Å²) in [4.78, 5) is 12.5. The molecule has 0 saturated heterocycles. The Kier molecular flexibility index (Phi) is 6.06. The van der Waals surface area contributed by atoms with Gasteiger partial charge in [-0.15, -0.1) is 0 Å². The minimum Gasteiger partial charge on any atom is -0.488 e. The molecule has 0 saturated carbocycles. The number of rotatable bonds is 7. The highest BCUT2D eigenvalue weighted by Crippen LogP contribution is 2.30. The molecule has 5 nitrogen and oxygen atoms in total. The molecule has 1 atom stereocenters. The number of nitrogens with one attached hydrogen (secondary N) is 1. The van der Waals surface area contributed by atoms with Gasteiger partial charge in [-0.05, 0) is 59.2 Å². The summed E-state index contributed by atoms with van der Waals surface area (Å²) in [6, 6.07) is 4.82. The molecule has 2 rings (SSSR count). The molecule has 0 radical (unpaired) electrons. The lowest BCUT2D eigenvalue weighted by Gasteiger charge is -2.19. The van der Waals surface area contributed by atoms with E-state index in [0.29, 0.717) is 17.7 Å². The maximum atomic E-state index is 14.4. The normalized spacial score (nSPS) is 12.8. The first-order chi connectivity index (χ1) is 11.8. The second kappa shape index (κ2) is 7.87. The third-order valence-corrected chi connectivity index (χ3v) is 3.95. The van der Waals surface area contributed by atoms with Crippen LogP contribution >= 0.6 is 0 Å². The molecule has 0 aliphatic rings. The van der Waals surface area contributed by atoms with Crippen LogP contribution in [0.4, 0.5) is 4.39 Å². The molecule has 1 aromatic heterocycles. The van der Waals surface area contributed by atoms with E-state index in [1.807, 2.05) is 41.5 Å². The third kappa shape index (κ3) is 4.12. The van der Waals surface area contributed by atoms with Gasteiger partial charge in [0.05, 0.1) is 11.7 Å². The Hall–Kier alpha value is -2.08. The fourth-order valence-corrected chi connectivity index (χ4v) is 2.92. The van der Waals surface area contributed by atoms with Gasteiger partial charge in [-0.2, -0.15) is 0 Å². The summed E-state index contributed by atoms with van der Waals surface area (Å²) in [6.45, 7) is 11.8. The maximum Gasteiger partial charge on any atom is 0.270 e. The topological polar surface area (TPSA) is 56.2 Å². The van der Waals surface area contributed by atoms with Crippen molar-refractivity contribution in [3.63, 3.8) is 0 Å². The van der Waals surface area contributed by atoms with Crippen molar-refractivity contribution in [3.05, 3.63) is 51.2 Å². The average molecular weight is 350 g/mol. The van der Waals surface area contributed by atoms with Gasteiger partial charge >= 0.3 is 0 Å². The van der Waals surface area contributed by atoms with Gasteiger partial charge in [0.25, 0.3) is 5.56 Å². The molecule has 0 aliphatic heterocycles. The summed E-state index contributed by atoms with van der Waals surface area (Å²) in [5.74, 6) is -0.271. The zero-order chi connectivity index (χ0) is 18.7. The van der Waals surface area contributed by atoms with Gasteiger partial charge in [0.15, 0.2) is 11.6 Å². The van der Waals surface area contributed by atoms with Gasteiger partial charge in [0.2, 0.25) is 0 Å². The standard InChI is InChI=1S/C19H27FN2O3/c1-7-24-18(17-13(6)22(11(2)3)21-19(17)23)14-8-9-16(15(20)10-14)25-12(4)5/h8-12,18H,7H2,1-6H3,(H,21,23). The van der Waals surface area contributed by atoms with Crippen molar-refractivity contribution in [1.29, 1.82) is 0 Å². The van der Waals surface area contributed by atoms with Crippen molar-refractivity contribution in [1.82, 2.24) is 9.78 Å². The summed E-state index contributed by atoms with van der Waals surface area (Å²) < 4.78 is 27.4. The molecule has 6 heteroatoms. The summed E-state index contributed by atoms with van der Waals surface area (Å²) in [5.41, 5.74) is 1.67. The number of halogens is 1. The molecule has 0 bridgehead atoms. The highest BCUT2D eigenvalue weighted by atomic mass is 19.1. The van der Waals surface area contributed by atoms with Crippen LogP contribution in [0.1, 0.15) is 63.6 Å². The lowest BCUT2D eigenvalue weighted by atomic mass is 10.0. The zero-order valence-corrected chi connectivity index (χ0v) is 15.7. The van der Waals surface area contributed by atoms with Crippen LogP contribution in [0.25, 0.3) is 0 Å². The van der Waals surface area contributed by atoms with Gasteiger partial charge in [0.1, 0.15) is 6.10 Å². The number of benzene rings is 1. The van der Waals surface area contributed by atoms with Gasteiger partial charge in [-0.25, -0.2) is 4.39 Å². The SMILES string of the molecule is CCOC(c1ccc(OC(C)C)c(F)c1)c1c(C)n(C(C)C)[nH]c1=O. The molecular formula is C19H27FN2O3. The van der Waals surface area contributed by atoms with Crippen LogP contribution in [0.3, 0.4) is 0 Å². The first-order valence-electron chi connectivity index (χ1n) is 8.64. The molecule has 0 fully saturated rings. The number of hydrogen-bond donors (Lipinski definition) is 1. The lowest BCUT2D eigenvalue weighted by molar-refractivity contribution is 0.0898. The van der Waals surface area contributed by atoms with Gasteiger partial charge < -0.3 is 9.47 Å². The van der Waals surface area contributed by atoms with E-state index in [0.717, 1.165) is 5.69 Å². The number of hydrogen-bond acceptors (Lipinski definition) is 3. The Morgan fingerprint density at radius 1 is 1.24 bits per heavy atom. The Balaban J connectivity index is 2.49. The van der Waals surface area contributed by atoms with Crippen LogP contribution in [0, 0.1) is 12.7 Å². The highest BCUT2D eigenvalue weighted by Gasteiger charge is 2.25. The molecule has 1 unspecified atom stereocenters. The Labute approximate surface area is 147 Å². The van der Waals surface area contributed by atoms with E-state index in [1.54, 1.807) is 16.8 Å². The predicted molar refractivity (Wildman–Crippen MR) is 95.8 cm³/mol.